The maximum Gasteiger partial charge on any atom is 0.245 e. The number of fused-ring (bicyclic) bond motifs is 3. The van der Waals surface area contributed by atoms with Crippen molar-refractivity contribution >= 4 is 39.8 Å². The summed E-state index contributed by atoms with van der Waals surface area (Å²) in [5, 5.41) is 6.49. The number of anilines is 2. The van der Waals surface area contributed by atoms with E-state index in [-0.39, 0.29) is 5.91 Å². The number of thiophene rings is 1. The van der Waals surface area contributed by atoms with Crippen LogP contribution in [0.15, 0.2) is 48.1 Å². The molecule has 6 rings (SSSR count). The molecule has 0 bridgehead atoms. The summed E-state index contributed by atoms with van der Waals surface area (Å²) < 4.78 is 0. The minimum Gasteiger partial charge on any atom is -0.356 e. The van der Waals surface area contributed by atoms with E-state index in [0.29, 0.717) is 0 Å². The Morgan fingerprint density at radius 2 is 1.94 bits per heavy atom. The number of hydrogen-bond acceptors (Lipinski definition) is 6. The SMILES string of the molecule is CN(C)C1(C(=O)Nc2cccc(-c3cccs3)c2)CCN(c2ncnc3[nH]c4c(c23)CCCC4)CC1. The number of aromatic amines is 1. The third-order valence-corrected chi connectivity index (χ3v) is 8.88. The molecule has 2 aliphatic rings. The lowest BCUT2D eigenvalue weighted by Gasteiger charge is -2.45. The van der Waals surface area contributed by atoms with Gasteiger partial charge >= 0.3 is 0 Å². The highest BCUT2D eigenvalue weighted by molar-refractivity contribution is 7.13. The number of amides is 1. The van der Waals surface area contributed by atoms with Gasteiger partial charge in [-0.05, 0) is 87.3 Å². The van der Waals surface area contributed by atoms with Crippen molar-refractivity contribution in [2.45, 2.75) is 44.1 Å². The Hall–Kier alpha value is -3.23. The fraction of sp³-hybridized carbons (Fsp3) is 0.393. The lowest BCUT2D eigenvalue weighted by molar-refractivity contribution is -0.127. The molecule has 8 heteroatoms. The molecule has 1 aromatic carbocycles. The van der Waals surface area contributed by atoms with E-state index < -0.39 is 5.54 Å². The van der Waals surface area contributed by atoms with Crippen LogP contribution < -0.4 is 10.2 Å². The molecule has 1 amide bonds. The standard InChI is InChI=1S/C28H32N6OS/c1-33(2)28(27(35)31-20-8-5-7-19(17-20)23-11-6-16-36-23)12-14-34(15-13-28)26-24-21-9-3-4-10-22(21)32-25(24)29-18-30-26/h5-8,11,16-18H,3-4,9-10,12-15H2,1-2H3,(H,31,35)(H,29,30,32). The van der Waals surface area contributed by atoms with Crippen LogP contribution in [0.25, 0.3) is 21.5 Å². The number of nitrogens with zero attached hydrogens (tertiary/aromatic N) is 4. The summed E-state index contributed by atoms with van der Waals surface area (Å²) in [6.45, 7) is 1.54. The molecule has 4 aromatic rings. The lowest BCUT2D eigenvalue weighted by Crippen LogP contribution is -2.59. The Morgan fingerprint density at radius 1 is 1.11 bits per heavy atom. The zero-order chi connectivity index (χ0) is 24.7. The first-order valence-corrected chi connectivity index (χ1v) is 13.7. The summed E-state index contributed by atoms with van der Waals surface area (Å²) in [5.74, 6) is 1.07. The van der Waals surface area contributed by atoms with E-state index >= 15 is 0 Å². The molecular weight excluding hydrogens is 468 g/mol. The van der Waals surface area contributed by atoms with Gasteiger partial charge in [-0.25, -0.2) is 9.97 Å². The average Bonchev–Trinajstić information content (AvgIpc) is 3.57. The summed E-state index contributed by atoms with van der Waals surface area (Å²) in [4.78, 5) is 32.2. The van der Waals surface area contributed by atoms with Gasteiger partial charge in [-0.2, -0.15) is 0 Å². The number of aromatic nitrogens is 3. The normalized spacial score (nSPS) is 17.4. The first-order chi connectivity index (χ1) is 17.5. The Morgan fingerprint density at radius 3 is 2.72 bits per heavy atom. The Bertz CT molecular complexity index is 1380. The fourth-order valence-electron chi connectivity index (χ4n) is 5.86. The van der Waals surface area contributed by atoms with Crippen molar-refractivity contribution in [3.05, 3.63) is 59.4 Å². The molecule has 36 heavy (non-hydrogen) atoms. The summed E-state index contributed by atoms with van der Waals surface area (Å²) in [5.41, 5.74) is 5.05. The van der Waals surface area contributed by atoms with Gasteiger partial charge in [0.2, 0.25) is 5.91 Å². The number of aryl methyl sites for hydroxylation is 2. The Kier molecular flexibility index (Phi) is 6.01. The van der Waals surface area contributed by atoms with Gasteiger partial charge in [0.05, 0.1) is 5.39 Å². The predicted octanol–water partition coefficient (Wildman–Crippen LogP) is 5.10. The van der Waals surface area contributed by atoms with E-state index in [9.17, 15) is 4.79 Å². The van der Waals surface area contributed by atoms with Crippen LogP contribution in [0, 0.1) is 0 Å². The van der Waals surface area contributed by atoms with Crippen molar-refractivity contribution in [1.82, 2.24) is 19.9 Å². The monoisotopic (exact) mass is 500 g/mol. The quantitative estimate of drug-likeness (QED) is 0.399. The first-order valence-electron chi connectivity index (χ1n) is 12.8. The van der Waals surface area contributed by atoms with Crippen LogP contribution in [0.5, 0.6) is 0 Å². The predicted molar refractivity (Wildman–Crippen MR) is 147 cm³/mol. The zero-order valence-corrected chi connectivity index (χ0v) is 21.7. The second kappa shape index (κ2) is 9.33. The molecule has 2 N–H and O–H groups in total. The number of piperidine rings is 1. The number of hydrogen-bond donors (Lipinski definition) is 2. The van der Waals surface area contributed by atoms with E-state index in [2.05, 4.69) is 54.7 Å². The van der Waals surface area contributed by atoms with Crippen LogP contribution in [0.2, 0.25) is 0 Å². The molecule has 0 spiro atoms. The summed E-state index contributed by atoms with van der Waals surface area (Å²) >= 11 is 1.70. The van der Waals surface area contributed by atoms with E-state index in [1.54, 1.807) is 17.7 Å². The van der Waals surface area contributed by atoms with Crippen LogP contribution in [-0.4, -0.2) is 58.5 Å². The van der Waals surface area contributed by atoms with Crippen molar-refractivity contribution in [3.63, 3.8) is 0 Å². The molecule has 4 heterocycles. The second-order valence-electron chi connectivity index (χ2n) is 10.1. The van der Waals surface area contributed by atoms with Crippen LogP contribution in [-0.2, 0) is 17.6 Å². The van der Waals surface area contributed by atoms with Gasteiger partial charge in [0.25, 0.3) is 0 Å². The Labute approximate surface area is 215 Å². The van der Waals surface area contributed by atoms with Gasteiger partial charge in [0, 0.05) is 29.3 Å². The molecule has 1 fully saturated rings. The van der Waals surface area contributed by atoms with Gasteiger partial charge in [0.15, 0.2) is 0 Å². The number of benzene rings is 1. The largest absolute Gasteiger partial charge is 0.356 e. The van der Waals surface area contributed by atoms with Crippen molar-refractivity contribution in [1.29, 1.82) is 0 Å². The molecule has 0 unspecified atom stereocenters. The van der Waals surface area contributed by atoms with Crippen LogP contribution >= 0.6 is 11.3 Å². The number of likely N-dealkylation sites (N-methyl/N-ethyl adjacent to an activating group) is 1. The van der Waals surface area contributed by atoms with E-state index in [0.717, 1.165) is 61.5 Å². The third kappa shape index (κ3) is 3.98. The minimum absolute atomic E-state index is 0.0577. The molecule has 1 saturated heterocycles. The molecule has 186 valence electrons. The van der Waals surface area contributed by atoms with E-state index in [4.69, 9.17) is 4.98 Å². The molecular formula is C28H32N6OS. The molecule has 0 radical (unpaired) electrons. The molecule has 1 aliphatic carbocycles. The lowest BCUT2D eigenvalue weighted by atomic mass is 9.85. The molecule has 0 saturated carbocycles. The summed E-state index contributed by atoms with van der Waals surface area (Å²) in [7, 11) is 4.03. The van der Waals surface area contributed by atoms with Crippen molar-refractivity contribution in [3.8, 4) is 10.4 Å². The number of carbonyl (C=O) groups is 1. The summed E-state index contributed by atoms with van der Waals surface area (Å²) in [6.07, 6.45) is 7.74. The Balaban J connectivity index is 1.23. The maximum atomic E-state index is 13.7. The number of carbonyl (C=O) groups excluding carboxylic acids is 1. The first kappa shape index (κ1) is 23.2. The second-order valence-corrected chi connectivity index (χ2v) is 11.1. The number of nitrogens with one attached hydrogen (secondary N) is 2. The highest BCUT2D eigenvalue weighted by Crippen LogP contribution is 2.37. The molecule has 1 aliphatic heterocycles. The topological polar surface area (TPSA) is 77.2 Å². The van der Waals surface area contributed by atoms with Crippen LogP contribution in [0.4, 0.5) is 11.5 Å². The third-order valence-electron chi connectivity index (χ3n) is 7.96. The van der Waals surface area contributed by atoms with Crippen LogP contribution in [0.3, 0.4) is 0 Å². The summed E-state index contributed by atoms with van der Waals surface area (Å²) in [6, 6.07) is 12.3. The van der Waals surface area contributed by atoms with Crippen molar-refractivity contribution in [2.75, 3.05) is 37.4 Å². The minimum atomic E-state index is -0.570. The van der Waals surface area contributed by atoms with E-state index in [1.807, 2.05) is 26.2 Å². The molecule has 0 atom stereocenters. The maximum absolute atomic E-state index is 13.7. The van der Waals surface area contributed by atoms with Crippen molar-refractivity contribution in [2.24, 2.45) is 0 Å². The highest BCUT2D eigenvalue weighted by atomic mass is 32.1. The smallest absolute Gasteiger partial charge is 0.245 e. The van der Waals surface area contributed by atoms with Gasteiger partial charge in [0.1, 0.15) is 23.3 Å². The average molecular weight is 501 g/mol. The van der Waals surface area contributed by atoms with Gasteiger partial charge in [-0.15, -0.1) is 11.3 Å². The number of H-pyrrole nitrogens is 1. The molecule has 7 nitrogen and oxygen atoms in total. The number of rotatable bonds is 5. The zero-order valence-electron chi connectivity index (χ0n) is 20.9. The molecule has 3 aromatic heterocycles. The van der Waals surface area contributed by atoms with Gasteiger partial charge in [-0.1, -0.05) is 18.2 Å². The van der Waals surface area contributed by atoms with Crippen molar-refractivity contribution < 1.29 is 4.79 Å². The highest BCUT2D eigenvalue weighted by Gasteiger charge is 2.44. The van der Waals surface area contributed by atoms with Gasteiger partial charge < -0.3 is 15.2 Å². The van der Waals surface area contributed by atoms with E-state index in [1.165, 1.54) is 34.4 Å². The van der Waals surface area contributed by atoms with Gasteiger partial charge in [-0.3, -0.25) is 9.69 Å². The fourth-order valence-corrected chi connectivity index (χ4v) is 6.58. The van der Waals surface area contributed by atoms with Crippen LogP contribution in [0.1, 0.15) is 36.9 Å².